The largest absolute Gasteiger partial charge is 0.298 e. The first-order valence-electron chi connectivity index (χ1n) is 6.95. The fourth-order valence-corrected chi connectivity index (χ4v) is 3.71. The molecule has 0 fully saturated rings. The molecule has 1 N–H and O–H groups in total. The predicted octanol–water partition coefficient (Wildman–Crippen LogP) is 5.99. The minimum absolute atomic E-state index is 0.0347. The molecule has 4 nitrogen and oxygen atoms in total. The van der Waals surface area contributed by atoms with E-state index in [0.29, 0.717) is 21.6 Å². The lowest BCUT2D eigenvalue weighted by molar-refractivity contribution is 0.102. The molecule has 128 valence electrons. The van der Waals surface area contributed by atoms with Crippen molar-refractivity contribution in [3.05, 3.63) is 72.9 Å². The number of benzene rings is 1. The molecule has 9 heteroatoms. The van der Waals surface area contributed by atoms with Crippen molar-refractivity contribution in [2.45, 2.75) is 6.42 Å². The summed E-state index contributed by atoms with van der Waals surface area (Å²) in [5, 5.41) is 4.41. The van der Waals surface area contributed by atoms with E-state index in [2.05, 4.69) is 15.3 Å². The maximum Gasteiger partial charge on any atom is 0.260 e. The van der Waals surface area contributed by atoms with Crippen LogP contribution < -0.4 is 5.32 Å². The number of amides is 1. The predicted molar refractivity (Wildman–Crippen MR) is 104 cm³/mol. The first-order valence-corrected chi connectivity index (χ1v) is 9.28. The molecule has 2 aromatic heterocycles. The standard InChI is InChI=1S/C16H9Cl4N3OS/c17-11-3-1-2-8(13(11)19)6-9-7-21-16(25-9)23-15(24)10-4-5-12(18)22-14(10)20/h1-5,7H,6H2,(H,21,23,24). The lowest BCUT2D eigenvalue weighted by Crippen LogP contribution is -2.12. The Morgan fingerprint density at radius 1 is 1.12 bits per heavy atom. The average molecular weight is 433 g/mol. The molecule has 0 aliphatic rings. The Kier molecular flexibility index (Phi) is 5.81. The Labute approximate surface area is 167 Å². The summed E-state index contributed by atoms with van der Waals surface area (Å²) >= 11 is 25.2. The van der Waals surface area contributed by atoms with Gasteiger partial charge in [-0.3, -0.25) is 10.1 Å². The van der Waals surface area contributed by atoms with E-state index in [1.54, 1.807) is 12.3 Å². The fourth-order valence-electron chi connectivity index (χ4n) is 2.07. The van der Waals surface area contributed by atoms with Crippen LogP contribution in [-0.4, -0.2) is 15.9 Å². The van der Waals surface area contributed by atoms with E-state index in [1.165, 1.54) is 23.5 Å². The van der Waals surface area contributed by atoms with E-state index < -0.39 is 5.91 Å². The van der Waals surface area contributed by atoms with Crippen LogP contribution in [0.1, 0.15) is 20.8 Å². The van der Waals surface area contributed by atoms with Crippen LogP contribution in [0, 0.1) is 0 Å². The summed E-state index contributed by atoms with van der Waals surface area (Å²) in [5.74, 6) is -0.407. The molecule has 0 aliphatic carbocycles. The second kappa shape index (κ2) is 7.89. The van der Waals surface area contributed by atoms with Gasteiger partial charge in [-0.2, -0.15) is 0 Å². The Bertz CT molecular complexity index is 945. The first-order chi connectivity index (χ1) is 11.9. The number of carbonyl (C=O) groups is 1. The quantitative estimate of drug-likeness (QED) is 0.514. The van der Waals surface area contributed by atoms with Gasteiger partial charge in [-0.05, 0) is 23.8 Å². The number of anilines is 1. The fraction of sp³-hybridized carbons (Fsp3) is 0.0625. The van der Waals surface area contributed by atoms with Crippen LogP contribution in [0.2, 0.25) is 20.4 Å². The smallest absolute Gasteiger partial charge is 0.260 e. The molecule has 3 aromatic rings. The third-order valence-electron chi connectivity index (χ3n) is 3.23. The second-order valence-corrected chi connectivity index (χ2v) is 7.59. The van der Waals surface area contributed by atoms with Gasteiger partial charge in [0.2, 0.25) is 0 Å². The van der Waals surface area contributed by atoms with Crippen LogP contribution >= 0.6 is 57.7 Å². The molecule has 2 heterocycles. The Hall–Kier alpha value is -1.37. The lowest BCUT2D eigenvalue weighted by atomic mass is 10.1. The molecule has 25 heavy (non-hydrogen) atoms. The molecular weight excluding hydrogens is 424 g/mol. The highest BCUT2D eigenvalue weighted by Crippen LogP contribution is 2.29. The molecule has 1 amide bonds. The third-order valence-corrected chi connectivity index (χ3v) is 5.50. The maximum atomic E-state index is 12.3. The molecule has 0 aliphatic heterocycles. The third kappa shape index (κ3) is 4.43. The first kappa shape index (κ1) is 18.4. The number of pyridine rings is 1. The number of rotatable bonds is 4. The number of nitrogens with zero attached hydrogens (tertiary/aromatic N) is 2. The topological polar surface area (TPSA) is 54.9 Å². The molecule has 0 saturated heterocycles. The monoisotopic (exact) mass is 431 g/mol. The van der Waals surface area contributed by atoms with Gasteiger partial charge in [-0.15, -0.1) is 11.3 Å². The highest BCUT2D eigenvalue weighted by Gasteiger charge is 2.14. The summed E-state index contributed by atoms with van der Waals surface area (Å²) in [4.78, 5) is 21.2. The molecule has 0 saturated carbocycles. The van der Waals surface area contributed by atoms with Crippen molar-refractivity contribution in [1.29, 1.82) is 0 Å². The van der Waals surface area contributed by atoms with Crippen molar-refractivity contribution < 1.29 is 4.79 Å². The molecule has 0 atom stereocenters. The zero-order chi connectivity index (χ0) is 18.0. The number of carbonyl (C=O) groups excluding carboxylic acids is 1. The van der Waals surface area contributed by atoms with E-state index in [9.17, 15) is 4.79 Å². The van der Waals surface area contributed by atoms with Gasteiger partial charge >= 0.3 is 0 Å². The zero-order valence-electron chi connectivity index (χ0n) is 12.4. The lowest BCUT2D eigenvalue weighted by Gasteiger charge is -2.04. The van der Waals surface area contributed by atoms with Crippen LogP contribution in [-0.2, 0) is 6.42 Å². The van der Waals surface area contributed by atoms with Gasteiger partial charge in [-0.25, -0.2) is 9.97 Å². The molecule has 1 aromatic carbocycles. The molecule has 0 bridgehead atoms. The van der Waals surface area contributed by atoms with Crippen LogP contribution in [0.4, 0.5) is 5.13 Å². The minimum atomic E-state index is -0.407. The van der Waals surface area contributed by atoms with Gasteiger partial charge in [0.25, 0.3) is 5.91 Å². The van der Waals surface area contributed by atoms with Gasteiger partial charge in [-0.1, -0.05) is 58.5 Å². The number of hydrogen-bond acceptors (Lipinski definition) is 4. The summed E-state index contributed by atoms with van der Waals surface area (Å²) in [7, 11) is 0. The van der Waals surface area contributed by atoms with Gasteiger partial charge in [0.05, 0.1) is 15.6 Å². The van der Waals surface area contributed by atoms with Crippen molar-refractivity contribution in [2.24, 2.45) is 0 Å². The minimum Gasteiger partial charge on any atom is -0.298 e. The summed E-state index contributed by atoms with van der Waals surface area (Å²) in [6, 6.07) is 8.47. The maximum absolute atomic E-state index is 12.3. The number of halogens is 4. The SMILES string of the molecule is O=C(Nc1ncc(Cc2cccc(Cl)c2Cl)s1)c1ccc(Cl)nc1Cl. The van der Waals surface area contributed by atoms with E-state index in [-0.39, 0.29) is 15.9 Å². The number of nitrogens with one attached hydrogen (secondary N) is 1. The number of hydrogen-bond donors (Lipinski definition) is 1. The van der Waals surface area contributed by atoms with Crippen molar-refractivity contribution >= 4 is 68.8 Å². The average Bonchev–Trinajstić information content (AvgIpc) is 2.98. The Morgan fingerprint density at radius 3 is 2.68 bits per heavy atom. The van der Waals surface area contributed by atoms with Crippen molar-refractivity contribution in [1.82, 2.24) is 9.97 Å². The summed E-state index contributed by atoms with van der Waals surface area (Å²) in [5.41, 5.74) is 1.11. The summed E-state index contributed by atoms with van der Waals surface area (Å²) in [6.07, 6.45) is 2.25. The highest BCUT2D eigenvalue weighted by atomic mass is 35.5. The number of aromatic nitrogens is 2. The van der Waals surface area contributed by atoms with E-state index >= 15 is 0 Å². The normalized spacial score (nSPS) is 10.7. The Balaban J connectivity index is 1.73. The Morgan fingerprint density at radius 2 is 1.92 bits per heavy atom. The van der Waals surface area contributed by atoms with E-state index in [0.717, 1.165) is 10.4 Å². The highest BCUT2D eigenvalue weighted by molar-refractivity contribution is 7.15. The van der Waals surface area contributed by atoms with Gasteiger partial charge in [0, 0.05) is 17.5 Å². The van der Waals surface area contributed by atoms with Gasteiger partial charge in [0.1, 0.15) is 10.3 Å². The van der Waals surface area contributed by atoms with Crippen LogP contribution in [0.3, 0.4) is 0 Å². The van der Waals surface area contributed by atoms with Crippen molar-refractivity contribution in [2.75, 3.05) is 5.32 Å². The summed E-state index contributed by atoms with van der Waals surface area (Å²) in [6.45, 7) is 0. The number of thiazole rings is 1. The van der Waals surface area contributed by atoms with Gasteiger partial charge < -0.3 is 0 Å². The second-order valence-electron chi connectivity index (χ2n) is 4.95. The zero-order valence-corrected chi connectivity index (χ0v) is 16.2. The molecule has 0 radical (unpaired) electrons. The van der Waals surface area contributed by atoms with Crippen molar-refractivity contribution in [3.8, 4) is 0 Å². The van der Waals surface area contributed by atoms with E-state index in [4.69, 9.17) is 46.4 Å². The summed E-state index contributed by atoms with van der Waals surface area (Å²) < 4.78 is 0. The van der Waals surface area contributed by atoms with Crippen LogP contribution in [0.5, 0.6) is 0 Å². The molecule has 0 unspecified atom stereocenters. The molecule has 0 spiro atoms. The molecular formula is C16H9Cl4N3OS. The van der Waals surface area contributed by atoms with Crippen LogP contribution in [0.25, 0.3) is 0 Å². The molecule has 3 rings (SSSR count). The van der Waals surface area contributed by atoms with E-state index in [1.807, 2.05) is 12.1 Å². The van der Waals surface area contributed by atoms with Crippen molar-refractivity contribution in [3.63, 3.8) is 0 Å². The van der Waals surface area contributed by atoms with Gasteiger partial charge in [0.15, 0.2) is 5.13 Å². The van der Waals surface area contributed by atoms with Crippen LogP contribution in [0.15, 0.2) is 36.5 Å².